The molecule has 1 atom stereocenters. The van der Waals surface area contributed by atoms with Gasteiger partial charge in [-0.05, 0) is 74.8 Å². The summed E-state index contributed by atoms with van der Waals surface area (Å²) in [4.78, 5) is 0. The largest absolute Gasteiger partial charge is 0.203 e. The summed E-state index contributed by atoms with van der Waals surface area (Å²) in [6.45, 7) is 7.43. The van der Waals surface area contributed by atoms with E-state index >= 15 is 0 Å². The van der Waals surface area contributed by atoms with Crippen LogP contribution in [-0.4, -0.2) is 0 Å². The van der Waals surface area contributed by atoms with Gasteiger partial charge in [0, 0.05) is 5.56 Å². The third kappa shape index (κ3) is 4.90. The summed E-state index contributed by atoms with van der Waals surface area (Å²) < 4.78 is 28.8. The van der Waals surface area contributed by atoms with Gasteiger partial charge in [0.05, 0.1) is 0 Å². The van der Waals surface area contributed by atoms with E-state index in [0.717, 1.165) is 56.9 Å². The normalized spacial score (nSPS) is 17.4. The van der Waals surface area contributed by atoms with Crippen LogP contribution < -0.4 is 0 Å². The van der Waals surface area contributed by atoms with E-state index in [9.17, 15) is 8.78 Å². The van der Waals surface area contributed by atoms with Crippen LogP contribution in [0.25, 0.3) is 5.57 Å². The van der Waals surface area contributed by atoms with Crippen molar-refractivity contribution in [1.29, 1.82) is 0 Å². The van der Waals surface area contributed by atoms with Crippen LogP contribution in [-0.2, 0) is 6.42 Å². The third-order valence-corrected chi connectivity index (χ3v) is 4.91. The Balaban J connectivity index is 2.04. The fraction of sp³-hybridized carbons (Fsp3) is 0.455. The molecule has 0 amide bonds. The molecule has 1 aliphatic carbocycles. The first-order valence-electron chi connectivity index (χ1n) is 9.05. The number of allylic oxidation sites excluding steroid dienone is 4. The number of aryl methyl sites for hydroxylation is 1. The Morgan fingerprint density at radius 1 is 1.04 bits per heavy atom. The van der Waals surface area contributed by atoms with Crippen LogP contribution >= 0.6 is 0 Å². The Hall–Kier alpha value is -1.70. The molecule has 2 rings (SSSR count). The van der Waals surface area contributed by atoms with Gasteiger partial charge >= 0.3 is 0 Å². The van der Waals surface area contributed by atoms with Crippen molar-refractivity contribution in [2.45, 2.75) is 57.8 Å². The molecule has 0 N–H and O–H groups in total. The van der Waals surface area contributed by atoms with Gasteiger partial charge < -0.3 is 0 Å². The minimum Gasteiger partial charge on any atom is -0.203 e. The standard InChI is InChI=1S/C22H28F2/c1-3-5-7-8-10-19-15-16-20(22(24)21(19)23)18-13-11-17(12-14-18)9-6-4-2/h3-4,13,15-17H,1-2,5-12,14H2. The highest BCUT2D eigenvalue weighted by Crippen LogP contribution is 2.34. The molecule has 24 heavy (non-hydrogen) atoms. The summed E-state index contributed by atoms with van der Waals surface area (Å²) in [5, 5.41) is 0. The van der Waals surface area contributed by atoms with E-state index in [-0.39, 0.29) is 0 Å². The molecule has 1 aliphatic rings. The van der Waals surface area contributed by atoms with Crippen LogP contribution in [0.15, 0.2) is 43.5 Å². The average molecular weight is 330 g/mol. The minimum atomic E-state index is -0.674. The van der Waals surface area contributed by atoms with E-state index < -0.39 is 11.6 Å². The van der Waals surface area contributed by atoms with Crippen molar-refractivity contribution in [2.75, 3.05) is 0 Å². The fourth-order valence-corrected chi connectivity index (χ4v) is 3.38. The van der Waals surface area contributed by atoms with Gasteiger partial charge in [-0.1, -0.05) is 30.4 Å². The molecule has 0 spiro atoms. The molecule has 0 saturated heterocycles. The zero-order chi connectivity index (χ0) is 17.4. The van der Waals surface area contributed by atoms with Crippen molar-refractivity contribution >= 4 is 5.57 Å². The smallest absolute Gasteiger partial charge is 0.166 e. The van der Waals surface area contributed by atoms with Crippen molar-refractivity contribution in [2.24, 2.45) is 5.92 Å². The lowest BCUT2D eigenvalue weighted by molar-refractivity contribution is 0.452. The molecule has 0 aliphatic heterocycles. The maximum absolute atomic E-state index is 14.5. The highest BCUT2D eigenvalue weighted by atomic mass is 19.2. The summed E-state index contributed by atoms with van der Waals surface area (Å²) >= 11 is 0. The second kappa shape index (κ2) is 9.56. The summed E-state index contributed by atoms with van der Waals surface area (Å²) in [5.74, 6) is -0.698. The number of hydrogen-bond donors (Lipinski definition) is 0. The van der Waals surface area contributed by atoms with Gasteiger partial charge in [-0.3, -0.25) is 0 Å². The SMILES string of the molecule is C=CCCCCc1ccc(C2=CCC(CCC=C)CC2)c(F)c1F. The lowest BCUT2D eigenvalue weighted by Gasteiger charge is -2.22. The highest BCUT2D eigenvalue weighted by molar-refractivity contribution is 5.67. The van der Waals surface area contributed by atoms with E-state index in [1.54, 1.807) is 12.1 Å². The van der Waals surface area contributed by atoms with Gasteiger partial charge in [-0.15, -0.1) is 13.2 Å². The Labute approximate surface area is 145 Å². The first-order chi connectivity index (χ1) is 11.7. The Bertz CT molecular complexity index is 598. The predicted molar refractivity (Wildman–Crippen MR) is 98.9 cm³/mol. The van der Waals surface area contributed by atoms with Gasteiger partial charge in [-0.25, -0.2) is 8.78 Å². The van der Waals surface area contributed by atoms with E-state index in [0.29, 0.717) is 23.5 Å². The molecule has 0 heterocycles. The molecule has 0 bridgehead atoms. The summed E-state index contributed by atoms with van der Waals surface area (Å²) in [7, 11) is 0. The maximum atomic E-state index is 14.5. The zero-order valence-corrected chi connectivity index (χ0v) is 14.5. The van der Waals surface area contributed by atoms with E-state index in [1.165, 1.54) is 0 Å². The molecule has 130 valence electrons. The Morgan fingerprint density at radius 2 is 1.83 bits per heavy atom. The van der Waals surface area contributed by atoms with Crippen LogP contribution in [0.3, 0.4) is 0 Å². The lowest BCUT2D eigenvalue weighted by Crippen LogP contribution is -2.07. The summed E-state index contributed by atoms with van der Waals surface area (Å²) in [6.07, 6.45) is 14.2. The van der Waals surface area contributed by atoms with Gasteiger partial charge in [0.15, 0.2) is 11.6 Å². The second-order valence-electron chi connectivity index (χ2n) is 6.67. The van der Waals surface area contributed by atoms with E-state index in [4.69, 9.17) is 0 Å². The third-order valence-electron chi connectivity index (χ3n) is 4.91. The van der Waals surface area contributed by atoms with Gasteiger partial charge in [0.1, 0.15) is 0 Å². The quantitative estimate of drug-likeness (QED) is 0.337. The summed E-state index contributed by atoms with van der Waals surface area (Å²) in [5.41, 5.74) is 1.89. The maximum Gasteiger partial charge on any atom is 0.166 e. The van der Waals surface area contributed by atoms with Crippen LogP contribution in [0.5, 0.6) is 0 Å². The second-order valence-corrected chi connectivity index (χ2v) is 6.67. The van der Waals surface area contributed by atoms with Crippen LogP contribution in [0, 0.1) is 17.6 Å². The van der Waals surface area contributed by atoms with Gasteiger partial charge in [0.2, 0.25) is 0 Å². The van der Waals surface area contributed by atoms with Crippen LogP contribution in [0.1, 0.15) is 62.5 Å². The highest BCUT2D eigenvalue weighted by Gasteiger charge is 2.20. The molecular weight excluding hydrogens is 302 g/mol. The van der Waals surface area contributed by atoms with E-state index in [1.807, 2.05) is 12.2 Å². The van der Waals surface area contributed by atoms with E-state index in [2.05, 4.69) is 19.2 Å². The van der Waals surface area contributed by atoms with Crippen molar-refractivity contribution in [1.82, 2.24) is 0 Å². The first kappa shape index (κ1) is 18.6. The molecule has 1 aromatic carbocycles. The van der Waals surface area contributed by atoms with Crippen molar-refractivity contribution in [3.8, 4) is 0 Å². The Kier molecular flexibility index (Phi) is 7.42. The van der Waals surface area contributed by atoms with Crippen molar-refractivity contribution in [3.05, 3.63) is 66.3 Å². The van der Waals surface area contributed by atoms with Crippen LogP contribution in [0.4, 0.5) is 8.78 Å². The minimum absolute atomic E-state index is 0.449. The van der Waals surface area contributed by atoms with Crippen LogP contribution in [0.2, 0.25) is 0 Å². The fourth-order valence-electron chi connectivity index (χ4n) is 3.38. The molecule has 1 unspecified atom stereocenters. The summed E-state index contributed by atoms with van der Waals surface area (Å²) in [6, 6.07) is 3.52. The zero-order valence-electron chi connectivity index (χ0n) is 14.5. The number of benzene rings is 1. The van der Waals surface area contributed by atoms with Gasteiger partial charge in [0.25, 0.3) is 0 Å². The molecule has 1 aromatic rings. The topological polar surface area (TPSA) is 0 Å². The Morgan fingerprint density at radius 3 is 2.50 bits per heavy atom. The molecular formula is C22H28F2. The first-order valence-corrected chi connectivity index (χ1v) is 9.05. The molecule has 0 saturated carbocycles. The van der Waals surface area contributed by atoms with Gasteiger partial charge in [-0.2, -0.15) is 0 Å². The number of unbranched alkanes of at least 4 members (excludes halogenated alkanes) is 2. The molecule has 0 aromatic heterocycles. The molecule has 0 fully saturated rings. The predicted octanol–water partition coefficient (Wildman–Crippen LogP) is 7.01. The molecule has 0 nitrogen and oxygen atoms in total. The molecule has 2 heteroatoms. The number of rotatable bonds is 9. The average Bonchev–Trinajstić information content (AvgIpc) is 2.61. The number of hydrogen-bond acceptors (Lipinski definition) is 0. The number of halogens is 2. The molecule has 0 radical (unpaired) electrons. The monoisotopic (exact) mass is 330 g/mol. The van der Waals surface area contributed by atoms with Crippen molar-refractivity contribution < 1.29 is 8.78 Å². The lowest BCUT2D eigenvalue weighted by atomic mass is 9.84. The van der Waals surface area contributed by atoms with Crippen molar-refractivity contribution in [3.63, 3.8) is 0 Å².